The van der Waals surface area contributed by atoms with Crippen LogP contribution in [0.4, 0.5) is 8.78 Å². The van der Waals surface area contributed by atoms with Gasteiger partial charge >= 0.3 is 11.9 Å². The second-order valence-corrected chi connectivity index (χ2v) is 9.72. The summed E-state index contributed by atoms with van der Waals surface area (Å²) in [6, 6.07) is 17.7. The van der Waals surface area contributed by atoms with Crippen molar-refractivity contribution in [2.45, 2.75) is 31.0 Å². The molecule has 2 aliphatic heterocycles. The average molecular weight is 555 g/mol. The Hall–Kier alpha value is -3.86. The first-order valence-corrected chi connectivity index (χ1v) is 13.1. The van der Waals surface area contributed by atoms with E-state index in [1.165, 1.54) is 37.1 Å². The lowest BCUT2D eigenvalue weighted by molar-refractivity contribution is -0.159. The van der Waals surface area contributed by atoms with Gasteiger partial charge in [0.05, 0.1) is 12.9 Å². The number of hydrogen-bond acceptors (Lipinski definition) is 6. The Kier molecular flexibility index (Phi) is 10.2. The molecule has 0 aliphatic carbocycles. The van der Waals surface area contributed by atoms with Crippen molar-refractivity contribution in [1.29, 1.82) is 0 Å². The second-order valence-electron chi connectivity index (χ2n) is 9.72. The van der Waals surface area contributed by atoms with Crippen molar-refractivity contribution in [3.05, 3.63) is 102 Å². The summed E-state index contributed by atoms with van der Waals surface area (Å²) in [5, 5.41) is 14.8. The molecule has 2 N–H and O–H groups in total. The molecular formula is C30H32F2N2O6. The van der Waals surface area contributed by atoms with Gasteiger partial charge in [-0.15, -0.1) is 0 Å². The number of carboxylic acid groups (broad SMARTS) is 2. The molecule has 2 aromatic carbocycles. The summed E-state index contributed by atoms with van der Waals surface area (Å²) in [5.41, 5.74) is 1.72. The standard InChI is InChI=1S/C28H30F2N2O2.C2H2O4/c29-23-9-5-21(6-10-23)28(22-7-11-24(30)12-8-22)34-18-16-31-19-25-13-14-26(20-31)32(25)15-1-3-27-4-2-17-33-27;3-1(4)2(5)6/h1-12,17,25-26,28H,13-16,18-20H2;(H,3,4)(H,5,6)/b3-1+;. The Balaban J connectivity index is 0.000000557. The van der Waals surface area contributed by atoms with Crippen LogP contribution in [-0.4, -0.2) is 76.8 Å². The zero-order chi connectivity index (χ0) is 28.5. The van der Waals surface area contributed by atoms with Gasteiger partial charge in [0.1, 0.15) is 23.5 Å². The van der Waals surface area contributed by atoms with E-state index >= 15 is 0 Å². The molecule has 3 heterocycles. The van der Waals surface area contributed by atoms with Crippen molar-refractivity contribution in [1.82, 2.24) is 9.80 Å². The Bertz CT molecular complexity index is 1190. The zero-order valence-corrected chi connectivity index (χ0v) is 21.9. The maximum atomic E-state index is 13.5. The Morgan fingerprint density at radius 3 is 1.95 bits per heavy atom. The lowest BCUT2D eigenvalue weighted by atomic mass is 10.0. The van der Waals surface area contributed by atoms with Crippen LogP contribution in [-0.2, 0) is 14.3 Å². The van der Waals surface area contributed by atoms with Gasteiger partial charge in [0.25, 0.3) is 0 Å². The lowest BCUT2D eigenvalue weighted by Gasteiger charge is -2.40. The highest BCUT2D eigenvalue weighted by molar-refractivity contribution is 6.27. The van der Waals surface area contributed by atoms with E-state index < -0.39 is 11.9 Å². The van der Waals surface area contributed by atoms with Crippen molar-refractivity contribution in [2.75, 3.05) is 32.8 Å². The molecule has 1 aromatic heterocycles. The summed E-state index contributed by atoms with van der Waals surface area (Å²) in [6.07, 6.45) is 8.03. The summed E-state index contributed by atoms with van der Waals surface area (Å²) in [5.74, 6) is -3.33. The van der Waals surface area contributed by atoms with Crippen molar-refractivity contribution in [3.8, 4) is 0 Å². The van der Waals surface area contributed by atoms with Crippen LogP contribution < -0.4 is 0 Å². The fourth-order valence-corrected chi connectivity index (χ4v) is 5.19. The van der Waals surface area contributed by atoms with E-state index in [0.717, 1.165) is 43.1 Å². The number of piperazine rings is 1. The smallest absolute Gasteiger partial charge is 0.414 e. The molecule has 2 unspecified atom stereocenters. The molecule has 0 radical (unpaired) electrons. The topological polar surface area (TPSA) is 103 Å². The molecule has 0 amide bonds. The van der Waals surface area contributed by atoms with Crippen LogP contribution in [0.5, 0.6) is 0 Å². The van der Waals surface area contributed by atoms with Crippen LogP contribution in [0.15, 0.2) is 77.4 Å². The van der Waals surface area contributed by atoms with E-state index in [-0.39, 0.29) is 17.7 Å². The van der Waals surface area contributed by atoms with E-state index in [0.29, 0.717) is 18.7 Å². The molecule has 2 bridgehead atoms. The number of halogens is 2. The van der Waals surface area contributed by atoms with Crippen LogP contribution in [0.3, 0.4) is 0 Å². The number of aliphatic carboxylic acids is 2. The third-order valence-electron chi connectivity index (χ3n) is 7.07. The van der Waals surface area contributed by atoms with Crippen LogP contribution in [0.1, 0.15) is 35.8 Å². The van der Waals surface area contributed by atoms with E-state index in [1.54, 1.807) is 30.5 Å². The number of hydrogen-bond donors (Lipinski definition) is 2. The second kappa shape index (κ2) is 14.0. The number of nitrogens with zero attached hydrogens (tertiary/aromatic N) is 2. The van der Waals surface area contributed by atoms with E-state index in [4.69, 9.17) is 29.0 Å². The normalized spacial score (nSPS) is 19.1. The van der Waals surface area contributed by atoms with Gasteiger partial charge in [0, 0.05) is 38.3 Å². The van der Waals surface area contributed by atoms with Crippen molar-refractivity contribution in [3.63, 3.8) is 0 Å². The lowest BCUT2D eigenvalue weighted by Crippen LogP contribution is -2.54. The molecule has 10 heteroatoms. The van der Waals surface area contributed by atoms with E-state index in [1.807, 2.05) is 18.2 Å². The fraction of sp³-hybridized carbons (Fsp3) is 0.333. The highest BCUT2D eigenvalue weighted by atomic mass is 19.1. The summed E-state index contributed by atoms with van der Waals surface area (Å²) in [7, 11) is 0. The highest BCUT2D eigenvalue weighted by Gasteiger charge is 2.38. The molecule has 2 atom stereocenters. The predicted molar refractivity (Wildman–Crippen MR) is 144 cm³/mol. The predicted octanol–water partition coefficient (Wildman–Crippen LogP) is 4.68. The van der Waals surface area contributed by atoms with Gasteiger partial charge in [-0.05, 0) is 66.4 Å². The number of benzene rings is 2. The molecular weight excluding hydrogens is 522 g/mol. The molecule has 5 rings (SSSR count). The first kappa shape index (κ1) is 29.1. The molecule has 0 saturated carbocycles. The average Bonchev–Trinajstić information content (AvgIpc) is 3.53. The zero-order valence-electron chi connectivity index (χ0n) is 21.9. The summed E-state index contributed by atoms with van der Waals surface area (Å²) < 4.78 is 38.6. The SMILES string of the molecule is Fc1ccc(C(OCCN2CC3CCC(C2)N3C/C=C/c2ccco2)c2ccc(F)cc2)cc1.O=C(O)C(=O)O. The monoisotopic (exact) mass is 554 g/mol. The molecule has 2 fully saturated rings. The minimum atomic E-state index is -1.82. The van der Waals surface area contributed by atoms with E-state index in [9.17, 15) is 8.78 Å². The number of ether oxygens (including phenoxy) is 1. The van der Waals surface area contributed by atoms with Gasteiger partial charge in [-0.1, -0.05) is 30.3 Å². The Morgan fingerprint density at radius 1 is 0.925 bits per heavy atom. The molecule has 2 aliphatic rings. The molecule has 2 saturated heterocycles. The maximum Gasteiger partial charge on any atom is 0.414 e. The first-order chi connectivity index (χ1) is 19.3. The summed E-state index contributed by atoms with van der Waals surface area (Å²) >= 11 is 0. The van der Waals surface area contributed by atoms with Crippen molar-refractivity contribution >= 4 is 18.0 Å². The summed E-state index contributed by atoms with van der Waals surface area (Å²) in [4.78, 5) is 23.3. The molecule has 0 spiro atoms. The van der Waals surface area contributed by atoms with Crippen LogP contribution in [0.25, 0.3) is 6.08 Å². The van der Waals surface area contributed by atoms with Gasteiger partial charge in [-0.25, -0.2) is 18.4 Å². The van der Waals surface area contributed by atoms with Gasteiger partial charge in [-0.3, -0.25) is 9.80 Å². The fourth-order valence-electron chi connectivity index (χ4n) is 5.19. The Labute approximate surface area is 231 Å². The van der Waals surface area contributed by atoms with Gasteiger partial charge < -0.3 is 19.4 Å². The number of carboxylic acids is 2. The third-order valence-corrected chi connectivity index (χ3v) is 7.07. The largest absolute Gasteiger partial charge is 0.473 e. The van der Waals surface area contributed by atoms with Gasteiger partial charge in [0.15, 0.2) is 0 Å². The van der Waals surface area contributed by atoms with Crippen molar-refractivity contribution < 1.29 is 37.7 Å². The highest BCUT2D eigenvalue weighted by Crippen LogP contribution is 2.31. The van der Waals surface area contributed by atoms with Gasteiger partial charge in [-0.2, -0.15) is 0 Å². The molecule has 40 heavy (non-hydrogen) atoms. The van der Waals surface area contributed by atoms with E-state index in [2.05, 4.69) is 15.9 Å². The number of fused-ring (bicyclic) bond motifs is 2. The quantitative estimate of drug-likeness (QED) is 0.368. The minimum absolute atomic E-state index is 0.283. The number of furan rings is 1. The van der Waals surface area contributed by atoms with Crippen LogP contribution in [0, 0.1) is 11.6 Å². The van der Waals surface area contributed by atoms with Crippen molar-refractivity contribution in [2.24, 2.45) is 0 Å². The third kappa shape index (κ3) is 8.08. The maximum absolute atomic E-state index is 13.5. The molecule has 8 nitrogen and oxygen atoms in total. The van der Waals surface area contributed by atoms with Gasteiger partial charge in [0.2, 0.25) is 0 Å². The molecule has 3 aromatic rings. The number of rotatable bonds is 9. The summed E-state index contributed by atoms with van der Waals surface area (Å²) in [6.45, 7) is 4.40. The molecule has 212 valence electrons. The number of likely N-dealkylation sites (tertiary alicyclic amines) is 1. The van der Waals surface area contributed by atoms with Crippen LogP contribution in [0.2, 0.25) is 0 Å². The minimum Gasteiger partial charge on any atom is -0.473 e. The Morgan fingerprint density at radius 2 is 1.48 bits per heavy atom. The number of carbonyl (C=O) groups is 2. The first-order valence-electron chi connectivity index (χ1n) is 13.1. The van der Waals surface area contributed by atoms with Crippen LogP contribution >= 0.6 is 0 Å².